The van der Waals surface area contributed by atoms with Gasteiger partial charge in [-0.05, 0) is 0 Å². The molecule has 2 rings (SSSR count). The van der Waals surface area contributed by atoms with Crippen LogP contribution in [0.15, 0.2) is 12.7 Å². The number of nitrogen functional groups attached to an aromatic ring is 1. The van der Waals surface area contributed by atoms with Crippen molar-refractivity contribution in [1.29, 1.82) is 0 Å². The van der Waals surface area contributed by atoms with Gasteiger partial charge in [-0.25, -0.2) is 15.0 Å². The Morgan fingerprint density at radius 2 is 2.13 bits per heavy atom. The number of hydrogen-bond donors (Lipinski definition) is 4. The van der Waals surface area contributed by atoms with Crippen LogP contribution in [0.1, 0.15) is 0 Å². The lowest BCUT2D eigenvalue weighted by Gasteiger charge is -1.89. The Hall–Kier alpha value is -2.22. The van der Waals surface area contributed by atoms with Crippen LogP contribution in [-0.2, 0) is 4.79 Å². The van der Waals surface area contributed by atoms with Crippen LogP contribution in [-0.4, -0.2) is 37.6 Å². The molecule has 8 nitrogen and oxygen atoms in total. The van der Waals surface area contributed by atoms with E-state index in [1.54, 1.807) is 0 Å². The summed E-state index contributed by atoms with van der Waals surface area (Å²) < 4.78 is 0. The molecule has 0 saturated carbocycles. The number of carboxylic acids is 1. The highest BCUT2D eigenvalue weighted by atomic mass is 16.4. The van der Waals surface area contributed by atoms with Crippen molar-refractivity contribution >= 4 is 23.0 Å². The summed E-state index contributed by atoms with van der Waals surface area (Å²) in [6, 6.07) is 0. The van der Waals surface area contributed by atoms with E-state index in [4.69, 9.17) is 10.8 Å². The normalized spacial score (nSPS) is 9.40. The molecule has 15 heavy (non-hydrogen) atoms. The minimum Gasteiger partial charge on any atom is -0.480 e. The lowest BCUT2D eigenvalue weighted by Crippen LogP contribution is -2.10. The van der Waals surface area contributed by atoms with E-state index < -0.39 is 5.97 Å². The number of fused-ring (bicyclic) bond motifs is 1. The number of carbonyl (C=O) groups is 1. The molecule has 0 radical (unpaired) electrons. The van der Waals surface area contributed by atoms with E-state index in [-0.39, 0.29) is 6.54 Å². The van der Waals surface area contributed by atoms with Crippen molar-refractivity contribution in [3.05, 3.63) is 12.7 Å². The predicted molar refractivity (Wildman–Crippen MR) is 52.8 cm³/mol. The summed E-state index contributed by atoms with van der Waals surface area (Å²) in [5, 5.41) is 7.60. The number of H-pyrrole nitrogens is 1. The average Bonchev–Trinajstić information content (AvgIpc) is 2.68. The minimum atomic E-state index is -0.968. The smallest absolute Gasteiger partial charge is 0.317 e. The topological polar surface area (TPSA) is 144 Å². The predicted octanol–water partition coefficient (Wildman–Crippen LogP) is -1.04. The molecule has 0 aliphatic rings. The molecule has 0 amide bonds. The summed E-state index contributed by atoms with van der Waals surface area (Å²) in [4.78, 5) is 23.6. The number of nitrogens with two attached hydrogens (primary N) is 2. The van der Waals surface area contributed by atoms with Crippen molar-refractivity contribution in [1.82, 2.24) is 19.9 Å². The van der Waals surface area contributed by atoms with E-state index in [0.717, 1.165) is 0 Å². The molecule has 0 saturated heterocycles. The highest BCUT2D eigenvalue weighted by Gasteiger charge is 1.99. The molecule has 6 N–H and O–H groups in total. The van der Waals surface area contributed by atoms with Crippen molar-refractivity contribution in [2.45, 2.75) is 0 Å². The lowest BCUT2D eigenvalue weighted by molar-refractivity contribution is -0.135. The number of aromatic amines is 1. The molecule has 2 aromatic rings. The summed E-state index contributed by atoms with van der Waals surface area (Å²) in [7, 11) is 0. The van der Waals surface area contributed by atoms with Crippen molar-refractivity contribution in [2.24, 2.45) is 5.73 Å². The standard InChI is InChI=1S/C5H5N5.C2H5NO2/c6-4-3-5(9-1-7-3)10-2-8-4;3-1-2(4)5/h1-2H,(H3,6,7,8,9,10);1,3H2,(H,4,5). The average molecular weight is 210 g/mol. The zero-order valence-electron chi connectivity index (χ0n) is 7.71. The molecule has 0 bridgehead atoms. The SMILES string of the molecule is NCC(=O)O.Nc1ncnc2nc[nH]c12. The van der Waals surface area contributed by atoms with Crippen LogP contribution in [0.25, 0.3) is 11.2 Å². The fraction of sp³-hybridized carbons (Fsp3) is 0.143. The molecule has 2 heterocycles. The molecule has 0 unspecified atom stereocenters. The highest BCUT2D eigenvalue weighted by Crippen LogP contribution is 2.09. The van der Waals surface area contributed by atoms with Crippen LogP contribution in [0.5, 0.6) is 0 Å². The fourth-order valence-electron chi connectivity index (χ4n) is 0.784. The molecule has 80 valence electrons. The first-order valence-electron chi connectivity index (χ1n) is 3.96. The molecular weight excluding hydrogens is 200 g/mol. The van der Waals surface area contributed by atoms with E-state index in [2.05, 4.69) is 25.7 Å². The second-order valence-corrected chi connectivity index (χ2v) is 2.46. The molecule has 2 aromatic heterocycles. The molecule has 8 heteroatoms. The fourth-order valence-corrected chi connectivity index (χ4v) is 0.784. The van der Waals surface area contributed by atoms with E-state index in [0.29, 0.717) is 17.0 Å². The molecule has 0 spiro atoms. The maximum atomic E-state index is 9.24. The number of anilines is 1. The zero-order chi connectivity index (χ0) is 11.3. The molecule has 0 atom stereocenters. The largest absolute Gasteiger partial charge is 0.480 e. The van der Waals surface area contributed by atoms with Gasteiger partial charge in [0.1, 0.15) is 11.8 Å². The van der Waals surface area contributed by atoms with Gasteiger partial charge in [-0.3, -0.25) is 4.79 Å². The summed E-state index contributed by atoms with van der Waals surface area (Å²) in [6.45, 7) is -0.278. The highest BCUT2D eigenvalue weighted by molar-refractivity contribution is 5.80. The number of aromatic nitrogens is 4. The zero-order valence-corrected chi connectivity index (χ0v) is 7.71. The van der Waals surface area contributed by atoms with Gasteiger partial charge in [0.2, 0.25) is 0 Å². The number of aliphatic carboxylic acids is 1. The third kappa shape index (κ3) is 2.88. The Labute approximate surface area is 84.4 Å². The number of carboxylic acid groups (broad SMARTS) is 1. The summed E-state index contributed by atoms with van der Waals surface area (Å²) in [5.41, 5.74) is 11.4. The number of rotatable bonds is 1. The van der Waals surface area contributed by atoms with Gasteiger partial charge in [0.25, 0.3) is 0 Å². The van der Waals surface area contributed by atoms with Crippen LogP contribution in [0.4, 0.5) is 5.82 Å². The minimum absolute atomic E-state index is 0.278. The van der Waals surface area contributed by atoms with E-state index in [9.17, 15) is 4.79 Å². The van der Waals surface area contributed by atoms with Gasteiger partial charge in [0, 0.05) is 0 Å². The van der Waals surface area contributed by atoms with Crippen LogP contribution < -0.4 is 11.5 Å². The number of hydrogen-bond acceptors (Lipinski definition) is 6. The Morgan fingerprint density at radius 3 is 2.67 bits per heavy atom. The maximum Gasteiger partial charge on any atom is 0.317 e. The Bertz CT molecular complexity index is 453. The van der Waals surface area contributed by atoms with Crippen LogP contribution in [0, 0.1) is 0 Å². The first-order valence-corrected chi connectivity index (χ1v) is 3.96. The van der Waals surface area contributed by atoms with Crippen molar-refractivity contribution in [3.8, 4) is 0 Å². The third-order valence-electron chi connectivity index (χ3n) is 1.43. The van der Waals surface area contributed by atoms with Gasteiger partial charge in [-0.15, -0.1) is 0 Å². The van der Waals surface area contributed by atoms with E-state index in [1.165, 1.54) is 12.7 Å². The summed E-state index contributed by atoms with van der Waals surface area (Å²) in [6.07, 6.45) is 2.92. The van der Waals surface area contributed by atoms with E-state index in [1.807, 2.05) is 0 Å². The van der Waals surface area contributed by atoms with Gasteiger partial charge >= 0.3 is 5.97 Å². The quantitative estimate of drug-likeness (QED) is 0.470. The second kappa shape index (κ2) is 4.86. The van der Waals surface area contributed by atoms with Crippen LogP contribution >= 0.6 is 0 Å². The van der Waals surface area contributed by atoms with Gasteiger partial charge in [-0.1, -0.05) is 0 Å². The number of imidazole rings is 1. The van der Waals surface area contributed by atoms with Crippen molar-refractivity contribution in [3.63, 3.8) is 0 Å². The number of nitrogens with zero attached hydrogens (tertiary/aromatic N) is 3. The van der Waals surface area contributed by atoms with Crippen molar-refractivity contribution in [2.75, 3.05) is 12.3 Å². The lowest BCUT2D eigenvalue weighted by atomic mass is 10.5. The van der Waals surface area contributed by atoms with Gasteiger partial charge in [0.15, 0.2) is 11.5 Å². The summed E-state index contributed by atoms with van der Waals surface area (Å²) >= 11 is 0. The second-order valence-electron chi connectivity index (χ2n) is 2.46. The van der Waals surface area contributed by atoms with Crippen molar-refractivity contribution < 1.29 is 9.90 Å². The molecule has 0 aromatic carbocycles. The molecular formula is C7H10N6O2. The molecule has 0 fully saturated rings. The summed E-state index contributed by atoms with van der Waals surface area (Å²) in [5.74, 6) is -0.535. The van der Waals surface area contributed by atoms with Crippen LogP contribution in [0.3, 0.4) is 0 Å². The number of nitrogens with one attached hydrogen (secondary N) is 1. The first-order chi connectivity index (χ1) is 7.15. The third-order valence-corrected chi connectivity index (χ3v) is 1.43. The Morgan fingerprint density at radius 1 is 1.47 bits per heavy atom. The van der Waals surface area contributed by atoms with Crippen LogP contribution in [0.2, 0.25) is 0 Å². The van der Waals surface area contributed by atoms with E-state index >= 15 is 0 Å². The Balaban J connectivity index is 0.000000195. The maximum absolute atomic E-state index is 9.24. The Kier molecular flexibility index (Phi) is 3.52. The van der Waals surface area contributed by atoms with Gasteiger partial charge < -0.3 is 21.6 Å². The first kappa shape index (κ1) is 10.9. The molecule has 0 aliphatic carbocycles. The monoisotopic (exact) mass is 210 g/mol. The van der Waals surface area contributed by atoms with Gasteiger partial charge in [-0.2, -0.15) is 0 Å². The molecule has 0 aliphatic heterocycles. The van der Waals surface area contributed by atoms with Gasteiger partial charge in [0.05, 0.1) is 12.9 Å².